The molecule has 0 aliphatic carbocycles. The second-order valence-corrected chi connectivity index (χ2v) is 9.12. The van der Waals surface area contributed by atoms with Gasteiger partial charge in [0.1, 0.15) is 0 Å². The van der Waals surface area contributed by atoms with Crippen LogP contribution in [0.4, 0.5) is 0 Å². The van der Waals surface area contributed by atoms with Gasteiger partial charge in [0.25, 0.3) is 0 Å². The number of hydrogen-bond acceptors (Lipinski definition) is 4. The van der Waals surface area contributed by atoms with Crippen LogP contribution in [0.5, 0.6) is 0 Å². The number of benzene rings is 1. The van der Waals surface area contributed by atoms with E-state index in [1.54, 1.807) is 7.11 Å². The van der Waals surface area contributed by atoms with Crippen LogP contribution in [0.1, 0.15) is 63.5 Å². The molecule has 6 heteroatoms. The first kappa shape index (κ1) is 25.1. The number of aliphatic hydroxyl groups excluding tert-OH is 1. The van der Waals surface area contributed by atoms with Crippen molar-refractivity contribution >= 4 is 11.9 Å². The maximum atomic E-state index is 12.8. The number of hydrogen-bond donors (Lipinski definition) is 2. The number of rotatable bonds is 13. The summed E-state index contributed by atoms with van der Waals surface area (Å²) in [6.45, 7) is 5.16. The normalized spacial score (nSPS) is 19.3. The van der Waals surface area contributed by atoms with Crippen LogP contribution < -0.4 is 0 Å². The fourth-order valence-electron chi connectivity index (χ4n) is 4.19. The number of carbonyl (C=O) groups is 2. The second kappa shape index (κ2) is 12.0. The van der Waals surface area contributed by atoms with Gasteiger partial charge in [0, 0.05) is 31.9 Å². The SMILES string of the molecule is COCc1cccc(C[C@@H](O)C=CC2CC(C)(C)C(=O)N2CCCCCCC(=O)O)c1. The molecule has 2 atom stereocenters. The molecule has 31 heavy (non-hydrogen) atoms. The van der Waals surface area contributed by atoms with E-state index in [1.807, 2.05) is 55.2 Å². The molecular weight excluding hydrogens is 394 g/mol. The zero-order valence-electron chi connectivity index (χ0n) is 19.0. The van der Waals surface area contributed by atoms with Crippen molar-refractivity contribution in [2.24, 2.45) is 5.41 Å². The molecule has 1 aromatic carbocycles. The number of aliphatic carboxylic acids is 1. The summed E-state index contributed by atoms with van der Waals surface area (Å²) in [7, 11) is 1.66. The first-order valence-corrected chi connectivity index (χ1v) is 11.2. The Morgan fingerprint density at radius 2 is 1.97 bits per heavy atom. The zero-order valence-corrected chi connectivity index (χ0v) is 19.0. The minimum atomic E-state index is -0.759. The standard InChI is InChI=1S/C25H37NO5/c1-25(2)17-21(26(24(25)30)14-7-5-4-6-11-23(28)29)12-13-22(27)16-19-9-8-10-20(15-19)18-31-3/h8-10,12-13,15,21-22,27H,4-7,11,14,16-18H2,1-3H3,(H,28,29)/t21?,22-/m0/s1. The number of amides is 1. The molecule has 0 bridgehead atoms. The molecule has 1 aromatic rings. The molecule has 0 saturated carbocycles. The number of ether oxygens (including phenoxy) is 1. The van der Waals surface area contributed by atoms with E-state index in [0.29, 0.717) is 26.0 Å². The molecule has 0 radical (unpaired) electrons. The van der Waals surface area contributed by atoms with Crippen molar-refractivity contribution in [2.45, 2.75) is 77.5 Å². The van der Waals surface area contributed by atoms with Gasteiger partial charge in [0.15, 0.2) is 0 Å². The average Bonchev–Trinajstić information content (AvgIpc) is 2.92. The quantitative estimate of drug-likeness (QED) is 0.365. The van der Waals surface area contributed by atoms with E-state index in [9.17, 15) is 14.7 Å². The highest BCUT2D eigenvalue weighted by atomic mass is 16.5. The second-order valence-electron chi connectivity index (χ2n) is 9.12. The van der Waals surface area contributed by atoms with Crippen LogP contribution in [0.25, 0.3) is 0 Å². The van der Waals surface area contributed by atoms with E-state index in [4.69, 9.17) is 9.84 Å². The molecule has 1 fully saturated rings. The average molecular weight is 432 g/mol. The summed E-state index contributed by atoms with van der Waals surface area (Å²) in [5.41, 5.74) is 1.72. The third kappa shape index (κ3) is 8.11. The summed E-state index contributed by atoms with van der Waals surface area (Å²) in [6.07, 6.45) is 7.92. The maximum absolute atomic E-state index is 12.8. The molecule has 172 valence electrons. The fourth-order valence-corrected chi connectivity index (χ4v) is 4.19. The van der Waals surface area contributed by atoms with Crippen molar-refractivity contribution in [1.82, 2.24) is 4.90 Å². The lowest BCUT2D eigenvalue weighted by Gasteiger charge is -2.23. The van der Waals surface area contributed by atoms with Gasteiger partial charge in [-0.25, -0.2) is 0 Å². The van der Waals surface area contributed by atoms with Gasteiger partial charge in [-0.1, -0.05) is 63.1 Å². The van der Waals surface area contributed by atoms with Crippen LogP contribution in [-0.2, 0) is 27.4 Å². The van der Waals surface area contributed by atoms with Gasteiger partial charge in [0.2, 0.25) is 5.91 Å². The Morgan fingerprint density at radius 1 is 1.26 bits per heavy atom. The Balaban J connectivity index is 1.90. The van der Waals surface area contributed by atoms with Gasteiger partial charge >= 0.3 is 5.97 Å². The molecule has 0 spiro atoms. The number of methoxy groups -OCH3 is 1. The smallest absolute Gasteiger partial charge is 0.303 e. The van der Waals surface area contributed by atoms with E-state index in [0.717, 1.165) is 36.8 Å². The predicted octanol–water partition coefficient (Wildman–Crippen LogP) is 3.95. The van der Waals surface area contributed by atoms with Gasteiger partial charge in [-0.3, -0.25) is 9.59 Å². The monoisotopic (exact) mass is 431 g/mol. The van der Waals surface area contributed by atoms with Crippen molar-refractivity contribution in [2.75, 3.05) is 13.7 Å². The van der Waals surface area contributed by atoms with Crippen molar-refractivity contribution in [3.63, 3.8) is 0 Å². The Hall–Kier alpha value is -2.18. The number of nitrogens with zero attached hydrogens (tertiary/aromatic N) is 1. The molecular formula is C25H37NO5. The predicted molar refractivity (Wildman–Crippen MR) is 121 cm³/mol. The lowest BCUT2D eigenvalue weighted by atomic mass is 9.89. The number of aliphatic hydroxyl groups is 1. The lowest BCUT2D eigenvalue weighted by Crippen LogP contribution is -2.35. The van der Waals surface area contributed by atoms with Crippen molar-refractivity contribution in [3.05, 3.63) is 47.5 Å². The largest absolute Gasteiger partial charge is 0.481 e. The molecule has 0 aromatic heterocycles. The molecule has 1 aliphatic heterocycles. The summed E-state index contributed by atoms with van der Waals surface area (Å²) < 4.78 is 5.17. The summed E-state index contributed by atoms with van der Waals surface area (Å²) >= 11 is 0. The van der Waals surface area contributed by atoms with Gasteiger partial charge in [0.05, 0.1) is 18.8 Å². The highest BCUT2D eigenvalue weighted by Crippen LogP contribution is 2.36. The van der Waals surface area contributed by atoms with Crippen molar-refractivity contribution in [3.8, 4) is 0 Å². The number of carboxylic acid groups (broad SMARTS) is 1. The molecule has 1 saturated heterocycles. The number of carboxylic acids is 1. The Bertz CT molecular complexity index is 758. The molecule has 1 aliphatic rings. The highest BCUT2D eigenvalue weighted by molar-refractivity contribution is 5.85. The van der Waals surface area contributed by atoms with E-state index in [-0.39, 0.29) is 18.4 Å². The van der Waals surface area contributed by atoms with Crippen LogP contribution in [0, 0.1) is 5.41 Å². The number of unbranched alkanes of at least 4 members (excludes halogenated alkanes) is 3. The third-order valence-corrected chi connectivity index (χ3v) is 5.80. The topological polar surface area (TPSA) is 87.1 Å². The van der Waals surface area contributed by atoms with Gasteiger partial charge in [-0.05, 0) is 30.4 Å². The Kier molecular flexibility index (Phi) is 9.72. The molecule has 2 N–H and O–H groups in total. The van der Waals surface area contributed by atoms with Crippen LogP contribution in [0.15, 0.2) is 36.4 Å². The minimum Gasteiger partial charge on any atom is -0.481 e. The molecule has 1 heterocycles. The van der Waals surface area contributed by atoms with Crippen LogP contribution in [-0.4, -0.2) is 52.8 Å². The number of carbonyl (C=O) groups excluding carboxylic acids is 1. The number of likely N-dealkylation sites (tertiary alicyclic amines) is 1. The highest BCUT2D eigenvalue weighted by Gasteiger charge is 2.43. The Morgan fingerprint density at radius 3 is 2.68 bits per heavy atom. The van der Waals surface area contributed by atoms with Gasteiger partial charge in [-0.2, -0.15) is 0 Å². The molecule has 1 unspecified atom stereocenters. The molecule has 2 rings (SSSR count). The fraction of sp³-hybridized carbons (Fsp3) is 0.600. The third-order valence-electron chi connectivity index (χ3n) is 5.80. The summed E-state index contributed by atoms with van der Waals surface area (Å²) in [6, 6.07) is 7.99. The van der Waals surface area contributed by atoms with Crippen LogP contribution in [0.2, 0.25) is 0 Å². The zero-order chi connectivity index (χ0) is 22.9. The van der Waals surface area contributed by atoms with Crippen LogP contribution >= 0.6 is 0 Å². The maximum Gasteiger partial charge on any atom is 0.303 e. The van der Waals surface area contributed by atoms with Crippen molar-refractivity contribution < 1.29 is 24.5 Å². The van der Waals surface area contributed by atoms with E-state index in [1.165, 1.54) is 0 Å². The summed E-state index contributed by atoms with van der Waals surface area (Å²) in [4.78, 5) is 25.3. The first-order chi connectivity index (χ1) is 14.7. The van der Waals surface area contributed by atoms with Gasteiger partial charge in [-0.15, -0.1) is 0 Å². The summed E-state index contributed by atoms with van der Waals surface area (Å²) in [5.74, 6) is -0.611. The first-order valence-electron chi connectivity index (χ1n) is 11.2. The molecule has 1 amide bonds. The summed E-state index contributed by atoms with van der Waals surface area (Å²) in [5, 5.41) is 19.2. The van der Waals surface area contributed by atoms with Gasteiger partial charge < -0.3 is 19.8 Å². The van der Waals surface area contributed by atoms with E-state index < -0.39 is 17.5 Å². The van der Waals surface area contributed by atoms with E-state index >= 15 is 0 Å². The Labute approximate surface area is 185 Å². The lowest BCUT2D eigenvalue weighted by molar-refractivity contribution is -0.137. The minimum absolute atomic E-state index is 0.0176. The van der Waals surface area contributed by atoms with E-state index in [2.05, 4.69) is 0 Å². The van der Waals surface area contributed by atoms with Crippen molar-refractivity contribution in [1.29, 1.82) is 0 Å². The van der Waals surface area contributed by atoms with Crippen LogP contribution in [0.3, 0.4) is 0 Å². The molecule has 6 nitrogen and oxygen atoms in total.